The van der Waals surface area contributed by atoms with E-state index in [0.717, 1.165) is 37.7 Å². The van der Waals surface area contributed by atoms with Gasteiger partial charge in [-0.05, 0) is 30.4 Å². The van der Waals surface area contributed by atoms with Gasteiger partial charge in [0.1, 0.15) is 0 Å². The Morgan fingerprint density at radius 1 is 0.957 bits per heavy atom. The Hall–Kier alpha value is -1.86. The number of aliphatic hydroxyl groups excluding tert-OH is 1. The van der Waals surface area contributed by atoms with E-state index in [1.165, 1.54) is 5.56 Å². The summed E-state index contributed by atoms with van der Waals surface area (Å²) in [5.74, 6) is 0.202. The van der Waals surface area contributed by atoms with E-state index < -0.39 is 6.10 Å². The summed E-state index contributed by atoms with van der Waals surface area (Å²) in [6, 6.07) is 20.6. The SMILES string of the molecule is CCCC[C@@H](/C=C/CCc1ccccc1)[C@H](O)c1ccccc1. The summed E-state index contributed by atoms with van der Waals surface area (Å²) >= 11 is 0. The molecule has 0 radical (unpaired) electrons. The zero-order chi connectivity index (χ0) is 16.3. The maximum absolute atomic E-state index is 10.7. The lowest BCUT2D eigenvalue weighted by Gasteiger charge is -2.20. The highest BCUT2D eigenvalue weighted by molar-refractivity contribution is 5.19. The van der Waals surface area contributed by atoms with Crippen molar-refractivity contribution in [1.82, 2.24) is 0 Å². The molecule has 0 aliphatic rings. The van der Waals surface area contributed by atoms with Crippen molar-refractivity contribution in [3.05, 3.63) is 83.9 Å². The van der Waals surface area contributed by atoms with Crippen LogP contribution in [-0.4, -0.2) is 5.11 Å². The predicted octanol–water partition coefficient (Wildman–Crippen LogP) is 5.72. The van der Waals surface area contributed by atoms with Crippen molar-refractivity contribution in [1.29, 1.82) is 0 Å². The Kier molecular flexibility index (Phi) is 7.62. The molecular weight excluding hydrogens is 280 g/mol. The van der Waals surface area contributed by atoms with E-state index >= 15 is 0 Å². The standard InChI is InChI=1S/C22H28O/c1-2-3-15-20(22(23)21-16-8-5-9-17-21)18-11-10-14-19-12-6-4-7-13-19/h4-9,11-13,16-18,20,22-23H,2-3,10,14-15H2,1H3/b18-11+/t20-,22-/m0/s1. The lowest BCUT2D eigenvalue weighted by atomic mass is 9.90. The number of hydrogen-bond donors (Lipinski definition) is 1. The quantitative estimate of drug-likeness (QED) is 0.588. The number of benzene rings is 2. The summed E-state index contributed by atoms with van der Waals surface area (Å²) in [5, 5.41) is 10.7. The molecule has 0 fully saturated rings. The van der Waals surface area contributed by atoms with Gasteiger partial charge in [0.2, 0.25) is 0 Å². The highest BCUT2D eigenvalue weighted by atomic mass is 16.3. The average molecular weight is 308 g/mol. The van der Waals surface area contributed by atoms with Crippen molar-refractivity contribution >= 4 is 0 Å². The molecule has 2 atom stereocenters. The molecular formula is C22H28O. The van der Waals surface area contributed by atoms with Crippen molar-refractivity contribution in [3.63, 3.8) is 0 Å². The zero-order valence-corrected chi connectivity index (χ0v) is 14.1. The first-order valence-electron chi connectivity index (χ1n) is 8.75. The molecule has 2 aromatic carbocycles. The first-order chi connectivity index (χ1) is 11.3. The number of hydrogen-bond acceptors (Lipinski definition) is 1. The van der Waals surface area contributed by atoms with Crippen LogP contribution < -0.4 is 0 Å². The number of unbranched alkanes of at least 4 members (excludes halogenated alkanes) is 1. The summed E-state index contributed by atoms with van der Waals surface area (Å²) in [6.07, 6.45) is 9.47. The topological polar surface area (TPSA) is 20.2 Å². The molecule has 0 aliphatic carbocycles. The van der Waals surface area contributed by atoms with E-state index in [4.69, 9.17) is 0 Å². The summed E-state index contributed by atoms with van der Waals surface area (Å²) in [4.78, 5) is 0. The first-order valence-corrected chi connectivity index (χ1v) is 8.75. The van der Waals surface area contributed by atoms with Gasteiger partial charge in [-0.1, -0.05) is 92.6 Å². The van der Waals surface area contributed by atoms with Crippen LogP contribution in [0.4, 0.5) is 0 Å². The van der Waals surface area contributed by atoms with Crippen molar-refractivity contribution in [2.75, 3.05) is 0 Å². The molecule has 0 spiro atoms. The van der Waals surface area contributed by atoms with Crippen LogP contribution in [0.1, 0.15) is 49.8 Å². The third-order valence-electron chi connectivity index (χ3n) is 4.26. The molecule has 1 nitrogen and oxygen atoms in total. The van der Waals surface area contributed by atoms with Gasteiger partial charge >= 0.3 is 0 Å². The highest BCUT2D eigenvalue weighted by Crippen LogP contribution is 2.27. The average Bonchev–Trinajstić information content (AvgIpc) is 2.62. The van der Waals surface area contributed by atoms with Crippen molar-refractivity contribution in [2.45, 2.75) is 45.1 Å². The molecule has 0 heterocycles. The Bertz CT molecular complexity index is 559. The fraction of sp³-hybridized carbons (Fsp3) is 0.364. The molecule has 0 saturated heterocycles. The number of allylic oxidation sites excluding steroid dienone is 1. The van der Waals surface area contributed by atoms with Gasteiger partial charge in [-0.2, -0.15) is 0 Å². The third kappa shape index (κ3) is 6.03. The van der Waals surface area contributed by atoms with Crippen LogP contribution in [0.15, 0.2) is 72.8 Å². The van der Waals surface area contributed by atoms with Gasteiger partial charge in [0.05, 0.1) is 6.10 Å². The summed E-state index contributed by atoms with van der Waals surface area (Å²) in [6.45, 7) is 2.20. The molecule has 0 aromatic heterocycles. The summed E-state index contributed by atoms with van der Waals surface area (Å²) < 4.78 is 0. The molecule has 122 valence electrons. The molecule has 2 aromatic rings. The van der Waals surface area contributed by atoms with Gasteiger partial charge in [0, 0.05) is 5.92 Å². The van der Waals surface area contributed by atoms with E-state index in [1.54, 1.807) is 0 Å². The summed E-state index contributed by atoms with van der Waals surface area (Å²) in [5.41, 5.74) is 2.38. The van der Waals surface area contributed by atoms with Crippen LogP contribution in [0.3, 0.4) is 0 Å². The Balaban J connectivity index is 1.93. The molecule has 1 N–H and O–H groups in total. The highest BCUT2D eigenvalue weighted by Gasteiger charge is 2.17. The molecule has 0 aliphatic heterocycles. The maximum Gasteiger partial charge on any atom is 0.0852 e. The number of aliphatic hydroxyl groups is 1. The molecule has 1 heteroatoms. The normalized spacial score (nSPS) is 14.0. The molecule has 0 bridgehead atoms. The Morgan fingerprint density at radius 3 is 2.26 bits per heavy atom. The largest absolute Gasteiger partial charge is 0.388 e. The third-order valence-corrected chi connectivity index (χ3v) is 4.26. The van der Waals surface area contributed by atoms with Crippen molar-refractivity contribution < 1.29 is 5.11 Å². The van der Waals surface area contributed by atoms with Gasteiger partial charge in [0.25, 0.3) is 0 Å². The second kappa shape index (κ2) is 10.0. The minimum atomic E-state index is -0.407. The van der Waals surface area contributed by atoms with Crippen molar-refractivity contribution in [2.24, 2.45) is 5.92 Å². The van der Waals surface area contributed by atoms with E-state index in [1.807, 2.05) is 30.3 Å². The second-order valence-electron chi connectivity index (χ2n) is 6.11. The van der Waals surface area contributed by atoms with Crippen LogP contribution >= 0.6 is 0 Å². The van der Waals surface area contributed by atoms with Gasteiger partial charge in [-0.25, -0.2) is 0 Å². The lowest BCUT2D eigenvalue weighted by Crippen LogP contribution is -2.10. The summed E-state index contributed by atoms with van der Waals surface area (Å²) in [7, 11) is 0. The second-order valence-corrected chi connectivity index (χ2v) is 6.11. The van der Waals surface area contributed by atoms with Gasteiger partial charge in [0.15, 0.2) is 0 Å². The molecule has 0 saturated carbocycles. The van der Waals surface area contributed by atoms with Gasteiger partial charge in [-0.3, -0.25) is 0 Å². The van der Waals surface area contributed by atoms with Crippen molar-refractivity contribution in [3.8, 4) is 0 Å². The fourth-order valence-corrected chi connectivity index (χ4v) is 2.86. The minimum absolute atomic E-state index is 0.202. The van der Waals surface area contributed by atoms with Crippen LogP contribution in [0.5, 0.6) is 0 Å². The van der Waals surface area contributed by atoms with Gasteiger partial charge < -0.3 is 5.11 Å². The molecule has 0 unspecified atom stereocenters. The molecule has 2 rings (SSSR count). The number of rotatable bonds is 9. The minimum Gasteiger partial charge on any atom is -0.388 e. The number of aryl methyl sites for hydroxylation is 1. The Morgan fingerprint density at radius 2 is 1.61 bits per heavy atom. The van der Waals surface area contributed by atoms with Crippen LogP contribution in [0.25, 0.3) is 0 Å². The maximum atomic E-state index is 10.7. The monoisotopic (exact) mass is 308 g/mol. The van der Waals surface area contributed by atoms with E-state index in [0.29, 0.717) is 0 Å². The van der Waals surface area contributed by atoms with E-state index in [2.05, 4.69) is 49.4 Å². The van der Waals surface area contributed by atoms with Crippen LogP contribution in [0, 0.1) is 5.92 Å². The predicted molar refractivity (Wildman–Crippen MR) is 98.3 cm³/mol. The van der Waals surface area contributed by atoms with E-state index in [-0.39, 0.29) is 5.92 Å². The molecule has 23 heavy (non-hydrogen) atoms. The smallest absolute Gasteiger partial charge is 0.0852 e. The fourth-order valence-electron chi connectivity index (χ4n) is 2.86. The zero-order valence-electron chi connectivity index (χ0n) is 14.1. The Labute approximate surface area is 140 Å². The molecule has 0 amide bonds. The first kappa shape index (κ1) is 17.5. The van der Waals surface area contributed by atoms with Crippen LogP contribution in [-0.2, 0) is 6.42 Å². The lowest BCUT2D eigenvalue weighted by molar-refractivity contribution is 0.125. The van der Waals surface area contributed by atoms with Gasteiger partial charge in [-0.15, -0.1) is 0 Å². The van der Waals surface area contributed by atoms with E-state index in [9.17, 15) is 5.11 Å². The van der Waals surface area contributed by atoms with Crippen LogP contribution in [0.2, 0.25) is 0 Å².